The summed E-state index contributed by atoms with van der Waals surface area (Å²) in [5.74, 6) is 0.485. The van der Waals surface area contributed by atoms with Crippen LogP contribution in [0, 0.1) is 5.92 Å². The molecule has 126 valence electrons. The van der Waals surface area contributed by atoms with E-state index in [1.165, 1.54) is 5.56 Å². The third-order valence-electron chi connectivity index (χ3n) is 5.02. The Labute approximate surface area is 142 Å². The standard InChI is InChI=1S/C19H23N3O2/c1-3-16(9-20-6-1)11-22-14-19(15-22)18(5-8-24-19)13-23-12-17-4-2-7-21-10-17/h1-4,6-7,9-10,18H,5,8,11-15H2/t18-/m1/s1. The summed E-state index contributed by atoms with van der Waals surface area (Å²) < 4.78 is 12.0. The highest BCUT2D eigenvalue weighted by atomic mass is 16.5. The molecule has 0 aliphatic carbocycles. The Morgan fingerprint density at radius 3 is 2.58 bits per heavy atom. The summed E-state index contributed by atoms with van der Waals surface area (Å²) in [7, 11) is 0. The van der Waals surface area contributed by atoms with Gasteiger partial charge in [0.25, 0.3) is 0 Å². The van der Waals surface area contributed by atoms with Gasteiger partial charge in [-0.3, -0.25) is 14.9 Å². The summed E-state index contributed by atoms with van der Waals surface area (Å²) in [6.45, 7) is 5.16. The van der Waals surface area contributed by atoms with Gasteiger partial charge in [0, 0.05) is 56.9 Å². The van der Waals surface area contributed by atoms with Crippen molar-refractivity contribution >= 4 is 0 Å². The van der Waals surface area contributed by atoms with E-state index in [2.05, 4.69) is 20.9 Å². The summed E-state index contributed by atoms with van der Waals surface area (Å²) in [5.41, 5.74) is 2.38. The van der Waals surface area contributed by atoms with Gasteiger partial charge < -0.3 is 9.47 Å². The Kier molecular flexibility index (Phi) is 4.56. The second-order valence-corrected chi connectivity index (χ2v) is 6.78. The Hall–Kier alpha value is -1.82. The smallest absolute Gasteiger partial charge is 0.0985 e. The Balaban J connectivity index is 1.27. The average Bonchev–Trinajstić information content (AvgIpc) is 3.00. The molecule has 2 aromatic rings. The number of hydrogen-bond donors (Lipinski definition) is 0. The second-order valence-electron chi connectivity index (χ2n) is 6.78. The molecule has 0 amide bonds. The van der Waals surface area contributed by atoms with Crippen LogP contribution in [0.15, 0.2) is 49.1 Å². The average molecular weight is 325 g/mol. The van der Waals surface area contributed by atoms with Gasteiger partial charge in [-0.25, -0.2) is 0 Å². The zero-order valence-corrected chi connectivity index (χ0v) is 13.8. The normalized spacial score (nSPS) is 22.6. The third-order valence-corrected chi connectivity index (χ3v) is 5.02. The number of hydrogen-bond acceptors (Lipinski definition) is 5. The third kappa shape index (κ3) is 3.34. The van der Waals surface area contributed by atoms with Gasteiger partial charge in [-0.1, -0.05) is 12.1 Å². The van der Waals surface area contributed by atoms with E-state index in [0.29, 0.717) is 12.5 Å². The summed E-state index contributed by atoms with van der Waals surface area (Å²) in [5, 5.41) is 0. The van der Waals surface area contributed by atoms with Crippen LogP contribution in [0.5, 0.6) is 0 Å². The molecule has 0 aromatic carbocycles. The summed E-state index contributed by atoms with van der Waals surface area (Å²) in [4.78, 5) is 10.7. The van der Waals surface area contributed by atoms with Crippen molar-refractivity contribution in [1.82, 2.24) is 14.9 Å². The fourth-order valence-electron chi connectivity index (χ4n) is 3.74. The highest BCUT2D eigenvalue weighted by molar-refractivity contribution is 5.12. The molecule has 2 aliphatic heterocycles. The van der Waals surface area contributed by atoms with Crippen LogP contribution in [0.25, 0.3) is 0 Å². The molecule has 2 aliphatic rings. The lowest BCUT2D eigenvalue weighted by molar-refractivity contribution is -0.146. The molecule has 0 bridgehead atoms. The molecule has 2 saturated heterocycles. The van der Waals surface area contributed by atoms with Crippen molar-refractivity contribution in [3.8, 4) is 0 Å². The molecule has 5 nitrogen and oxygen atoms in total. The molecule has 0 unspecified atom stereocenters. The van der Waals surface area contributed by atoms with Crippen LogP contribution in [0.2, 0.25) is 0 Å². The van der Waals surface area contributed by atoms with E-state index >= 15 is 0 Å². The number of pyridine rings is 2. The van der Waals surface area contributed by atoms with E-state index in [-0.39, 0.29) is 5.60 Å². The van der Waals surface area contributed by atoms with Gasteiger partial charge >= 0.3 is 0 Å². The van der Waals surface area contributed by atoms with Gasteiger partial charge in [-0.2, -0.15) is 0 Å². The van der Waals surface area contributed by atoms with Gasteiger partial charge in [-0.15, -0.1) is 0 Å². The lowest BCUT2D eigenvalue weighted by Gasteiger charge is -2.50. The molecule has 2 aromatic heterocycles. The molecule has 0 saturated carbocycles. The summed E-state index contributed by atoms with van der Waals surface area (Å²) in [6, 6.07) is 8.11. The zero-order valence-electron chi connectivity index (χ0n) is 13.8. The first kappa shape index (κ1) is 15.7. The molecule has 0 N–H and O–H groups in total. The number of likely N-dealkylation sites (tertiary alicyclic amines) is 1. The first-order chi connectivity index (χ1) is 11.8. The quantitative estimate of drug-likeness (QED) is 0.815. The van der Waals surface area contributed by atoms with Crippen LogP contribution >= 0.6 is 0 Å². The molecular formula is C19H23N3O2. The van der Waals surface area contributed by atoms with Gasteiger partial charge in [0.2, 0.25) is 0 Å². The molecule has 0 radical (unpaired) electrons. The van der Waals surface area contributed by atoms with Crippen LogP contribution < -0.4 is 0 Å². The molecule has 4 heterocycles. The van der Waals surface area contributed by atoms with Gasteiger partial charge in [0.05, 0.1) is 18.8 Å². The van der Waals surface area contributed by atoms with Gasteiger partial charge in [-0.05, 0) is 29.7 Å². The molecule has 1 atom stereocenters. The molecule has 2 fully saturated rings. The van der Waals surface area contributed by atoms with Crippen molar-refractivity contribution in [2.24, 2.45) is 5.92 Å². The summed E-state index contributed by atoms with van der Waals surface area (Å²) >= 11 is 0. The van der Waals surface area contributed by atoms with E-state index < -0.39 is 0 Å². The van der Waals surface area contributed by atoms with Crippen molar-refractivity contribution in [2.45, 2.75) is 25.2 Å². The number of aromatic nitrogens is 2. The molecule has 1 spiro atoms. The van der Waals surface area contributed by atoms with E-state index in [0.717, 1.165) is 44.8 Å². The van der Waals surface area contributed by atoms with Crippen molar-refractivity contribution in [3.05, 3.63) is 60.2 Å². The predicted molar refractivity (Wildman–Crippen MR) is 90.2 cm³/mol. The highest BCUT2D eigenvalue weighted by Crippen LogP contribution is 2.40. The first-order valence-corrected chi connectivity index (χ1v) is 8.56. The largest absolute Gasteiger partial charge is 0.376 e. The predicted octanol–water partition coefficient (Wildman–Crippen LogP) is 2.28. The molecular weight excluding hydrogens is 302 g/mol. The van der Waals surface area contributed by atoms with Crippen LogP contribution in [-0.4, -0.2) is 46.8 Å². The topological polar surface area (TPSA) is 47.5 Å². The van der Waals surface area contributed by atoms with Gasteiger partial charge in [0.15, 0.2) is 0 Å². The SMILES string of the molecule is c1cncc(COC[C@H]2CCOC23CN(Cc2cccnc2)C3)c1. The van der Waals surface area contributed by atoms with Crippen molar-refractivity contribution in [1.29, 1.82) is 0 Å². The number of nitrogens with zero attached hydrogens (tertiary/aromatic N) is 3. The monoisotopic (exact) mass is 325 g/mol. The van der Waals surface area contributed by atoms with Crippen LogP contribution in [0.4, 0.5) is 0 Å². The van der Waals surface area contributed by atoms with Crippen molar-refractivity contribution < 1.29 is 9.47 Å². The summed E-state index contributed by atoms with van der Waals surface area (Å²) in [6.07, 6.45) is 8.49. The van der Waals surface area contributed by atoms with Crippen LogP contribution in [-0.2, 0) is 22.6 Å². The minimum Gasteiger partial charge on any atom is -0.376 e. The van der Waals surface area contributed by atoms with Crippen LogP contribution in [0.1, 0.15) is 17.5 Å². The van der Waals surface area contributed by atoms with Crippen molar-refractivity contribution in [2.75, 3.05) is 26.3 Å². The second kappa shape index (κ2) is 6.97. The maximum Gasteiger partial charge on any atom is 0.0985 e. The Bertz CT molecular complexity index is 644. The number of rotatable bonds is 6. The first-order valence-electron chi connectivity index (χ1n) is 8.56. The molecule has 4 rings (SSSR count). The molecule has 24 heavy (non-hydrogen) atoms. The zero-order chi connectivity index (χ0) is 16.2. The highest BCUT2D eigenvalue weighted by Gasteiger charge is 2.52. The maximum atomic E-state index is 6.11. The van der Waals surface area contributed by atoms with E-state index in [9.17, 15) is 0 Å². The maximum absolute atomic E-state index is 6.11. The lowest BCUT2D eigenvalue weighted by Crippen LogP contribution is -2.64. The van der Waals surface area contributed by atoms with E-state index in [1.54, 1.807) is 6.20 Å². The van der Waals surface area contributed by atoms with E-state index in [1.807, 2.05) is 36.8 Å². The van der Waals surface area contributed by atoms with Crippen LogP contribution in [0.3, 0.4) is 0 Å². The number of ether oxygens (including phenoxy) is 2. The Morgan fingerprint density at radius 2 is 1.88 bits per heavy atom. The van der Waals surface area contributed by atoms with Crippen molar-refractivity contribution in [3.63, 3.8) is 0 Å². The van der Waals surface area contributed by atoms with E-state index in [4.69, 9.17) is 9.47 Å². The fraction of sp³-hybridized carbons (Fsp3) is 0.474. The lowest BCUT2D eigenvalue weighted by atomic mass is 9.81. The Morgan fingerprint density at radius 1 is 1.12 bits per heavy atom. The minimum atomic E-state index is -0.00283. The minimum absolute atomic E-state index is 0.00283. The molecule has 5 heteroatoms. The fourth-order valence-corrected chi connectivity index (χ4v) is 3.74. The van der Waals surface area contributed by atoms with Gasteiger partial charge in [0.1, 0.15) is 0 Å².